The van der Waals surface area contributed by atoms with Crippen LogP contribution in [0.5, 0.6) is 11.5 Å². The van der Waals surface area contributed by atoms with Crippen molar-refractivity contribution in [1.29, 1.82) is 0 Å². The van der Waals surface area contributed by atoms with Crippen molar-refractivity contribution in [3.05, 3.63) is 18.2 Å². The monoisotopic (exact) mass is 357 g/mol. The molecule has 2 heterocycles. The van der Waals surface area contributed by atoms with Crippen LogP contribution in [0.4, 0.5) is 0 Å². The first kappa shape index (κ1) is 16.4. The van der Waals surface area contributed by atoms with Gasteiger partial charge in [0.2, 0.25) is 5.91 Å². The topological polar surface area (TPSA) is 81.7 Å². The Kier molecular flexibility index (Phi) is 4.46. The fourth-order valence-corrected chi connectivity index (χ4v) is 5.56. The number of sulfone groups is 1. The number of hydrogen-bond donors (Lipinski definition) is 1. The first-order valence-corrected chi connectivity index (χ1v) is 10.2. The second-order valence-electron chi connectivity index (χ2n) is 6.05. The molecule has 0 saturated carbocycles. The first-order chi connectivity index (χ1) is 10.9. The summed E-state index contributed by atoms with van der Waals surface area (Å²) in [6, 6.07) is 5.57. The number of thioether (sulfide) groups is 1. The van der Waals surface area contributed by atoms with Crippen LogP contribution in [0.3, 0.4) is 0 Å². The van der Waals surface area contributed by atoms with E-state index < -0.39 is 15.4 Å². The van der Waals surface area contributed by atoms with Crippen molar-refractivity contribution in [2.45, 2.75) is 23.8 Å². The molecule has 3 rings (SSSR count). The molecule has 1 N–H and O–H groups in total. The zero-order chi connectivity index (χ0) is 16.5. The van der Waals surface area contributed by atoms with Crippen LogP contribution in [0.1, 0.15) is 13.3 Å². The number of ether oxygens (including phenoxy) is 2. The number of hydrogen-bond acceptors (Lipinski definition) is 6. The second kappa shape index (κ2) is 6.24. The number of fused-ring (bicyclic) bond motifs is 1. The van der Waals surface area contributed by atoms with E-state index in [2.05, 4.69) is 5.32 Å². The maximum atomic E-state index is 12.1. The molecule has 126 valence electrons. The van der Waals surface area contributed by atoms with Crippen molar-refractivity contribution in [3.63, 3.8) is 0 Å². The molecule has 1 saturated heterocycles. The van der Waals surface area contributed by atoms with Crippen LogP contribution in [0.2, 0.25) is 0 Å². The van der Waals surface area contributed by atoms with Crippen LogP contribution in [0.25, 0.3) is 0 Å². The summed E-state index contributed by atoms with van der Waals surface area (Å²) in [5.41, 5.74) is -0.650. The van der Waals surface area contributed by atoms with Crippen LogP contribution < -0.4 is 14.8 Å². The third-order valence-corrected chi connectivity index (χ3v) is 6.72. The molecular formula is C15H19NO5S2. The summed E-state index contributed by atoms with van der Waals surface area (Å²) in [6.07, 6.45) is 0.468. The van der Waals surface area contributed by atoms with E-state index in [1.54, 1.807) is 6.92 Å². The van der Waals surface area contributed by atoms with Crippen molar-refractivity contribution in [1.82, 2.24) is 5.32 Å². The van der Waals surface area contributed by atoms with Crippen LogP contribution >= 0.6 is 11.8 Å². The van der Waals surface area contributed by atoms with Gasteiger partial charge in [0, 0.05) is 4.90 Å². The molecule has 8 heteroatoms. The van der Waals surface area contributed by atoms with E-state index in [4.69, 9.17) is 9.47 Å². The molecule has 1 atom stereocenters. The Bertz CT molecular complexity index is 719. The van der Waals surface area contributed by atoms with Crippen LogP contribution in [0, 0.1) is 0 Å². The molecule has 0 aromatic heterocycles. The molecule has 1 aromatic rings. The van der Waals surface area contributed by atoms with Gasteiger partial charge in [-0.05, 0) is 31.5 Å². The molecule has 0 aliphatic carbocycles. The fraction of sp³-hybridized carbons (Fsp3) is 0.533. The third kappa shape index (κ3) is 4.11. The number of nitrogens with one attached hydrogen (secondary N) is 1. The maximum Gasteiger partial charge on any atom is 0.230 e. The predicted octanol–water partition coefficient (Wildman–Crippen LogP) is 1.24. The third-order valence-electron chi connectivity index (χ3n) is 3.83. The number of amides is 1. The molecular weight excluding hydrogens is 338 g/mol. The Hall–Kier alpha value is -1.41. The van der Waals surface area contributed by atoms with E-state index in [1.807, 2.05) is 18.2 Å². The van der Waals surface area contributed by atoms with Gasteiger partial charge in [0.25, 0.3) is 0 Å². The molecule has 2 aliphatic rings. The van der Waals surface area contributed by atoms with E-state index >= 15 is 0 Å². The van der Waals surface area contributed by atoms with E-state index in [1.165, 1.54) is 11.8 Å². The summed E-state index contributed by atoms with van der Waals surface area (Å²) in [4.78, 5) is 13.0. The fourth-order valence-electron chi connectivity index (χ4n) is 2.74. The average Bonchev–Trinajstić information content (AvgIpc) is 2.78. The molecule has 1 fully saturated rings. The highest BCUT2D eigenvalue weighted by Crippen LogP contribution is 2.34. The highest BCUT2D eigenvalue weighted by Gasteiger charge is 2.39. The van der Waals surface area contributed by atoms with E-state index in [9.17, 15) is 13.2 Å². The van der Waals surface area contributed by atoms with Gasteiger partial charge in [0.1, 0.15) is 13.2 Å². The lowest BCUT2D eigenvalue weighted by molar-refractivity contribution is -0.120. The quantitative estimate of drug-likeness (QED) is 0.817. The van der Waals surface area contributed by atoms with Crippen molar-refractivity contribution in [2.75, 3.05) is 30.5 Å². The first-order valence-electron chi connectivity index (χ1n) is 7.39. The SMILES string of the molecule is C[C@]1(NC(=O)CSc2ccc3c(c2)OCCO3)CCS(=O)(=O)C1. The molecule has 23 heavy (non-hydrogen) atoms. The van der Waals surface area contributed by atoms with Gasteiger partial charge in [-0.15, -0.1) is 11.8 Å². The van der Waals surface area contributed by atoms with Crippen LogP contribution in [-0.4, -0.2) is 50.3 Å². The summed E-state index contributed by atoms with van der Waals surface area (Å²) >= 11 is 1.39. The zero-order valence-electron chi connectivity index (χ0n) is 12.8. The van der Waals surface area contributed by atoms with Gasteiger partial charge < -0.3 is 14.8 Å². The molecule has 0 bridgehead atoms. The van der Waals surface area contributed by atoms with Crippen LogP contribution in [0.15, 0.2) is 23.1 Å². The summed E-state index contributed by atoms with van der Waals surface area (Å²) in [5.74, 6) is 1.63. The molecule has 2 aliphatic heterocycles. The number of carbonyl (C=O) groups excluding carboxylic acids is 1. The maximum absolute atomic E-state index is 12.1. The van der Waals surface area contributed by atoms with Crippen LogP contribution in [-0.2, 0) is 14.6 Å². The van der Waals surface area contributed by atoms with Gasteiger partial charge in [-0.2, -0.15) is 0 Å². The molecule has 6 nitrogen and oxygen atoms in total. The summed E-state index contributed by atoms with van der Waals surface area (Å²) in [7, 11) is -3.03. The molecule has 0 radical (unpaired) electrons. The highest BCUT2D eigenvalue weighted by atomic mass is 32.2. The lowest BCUT2D eigenvalue weighted by Crippen LogP contribution is -2.47. The molecule has 0 unspecified atom stereocenters. The van der Waals surface area contributed by atoms with Gasteiger partial charge >= 0.3 is 0 Å². The van der Waals surface area contributed by atoms with Crippen molar-refractivity contribution >= 4 is 27.5 Å². The Morgan fingerprint density at radius 3 is 2.74 bits per heavy atom. The largest absolute Gasteiger partial charge is 0.486 e. The smallest absolute Gasteiger partial charge is 0.230 e. The number of rotatable bonds is 4. The molecule has 1 amide bonds. The summed E-state index contributed by atoms with van der Waals surface area (Å²) < 4.78 is 34.1. The Labute approximate surface area is 139 Å². The number of benzene rings is 1. The normalized spacial score (nSPS) is 25.1. The predicted molar refractivity (Wildman–Crippen MR) is 88.0 cm³/mol. The van der Waals surface area contributed by atoms with Gasteiger partial charge in [0.15, 0.2) is 21.3 Å². The van der Waals surface area contributed by atoms with Crippen molar-refractivity contribution < 1.29 is 22.7 Å². The van der Waals surface area contributed by atoms with E-state index in [0.29, 0.717) is 31.1 Å². The minimum Gasteiger partial charge on any atom is -0.486 e. The Balaban J connectivity index is 1.55. The van der Waals surface area contributed by atoms with Crippen molar-refractivity contribution in [2.24, 2.45) is 0 Å². The van der Waals surface area contributed by atoms with E-state index in [0.717, 1.165) is 4.90 Å². The van der Waals surface area contributed by atoms with Gasteiger partial charge in [-0.25, -0.2) is 8.42 Å². The Morgan fingerprint density at radius 1 is 1.30 bits per heavy atom. The minimum atomic E-state index is -3.03. The zero-order valence-corrected chi connectivity index (χ0v) is 14.5. The van der Waals surface area contributed by atoms with Gasteiger partial charge in [0.05, 0.1) is 22.8 Å². The Morgan fingerprint density at radius 2 is 2.04 bits per heavy atom. The average molecular weight is 357 g/mol. The minimum absolute atomic E-state index is 0.0143. The lowest BCUT2D eigenvalue weighted by Gasteiger charge is -2.23. The summed E-state index contributed by atoms with van der Waals surface area (Å²) in [5, 5.41) is 2.85. The van der Waals surface area contributed by atoms with Gasteiger partial charge in [-0.3, -0.25) is 4.79 Å². The highest BCUT2D eigenvalue weighted by molar-refractivity contribution is 8.00. The van der Waals surface area contributed by atoms with Gasteiger partial charge in [-0.1, -0.05) is 0 Å². The molecule has 1 aromatic carbocycles. The molecule has 0 spiro atoms. The van der Waals surface area contributed by atoms with Crippen molar-refractivity contribution in [3.8, 4) is 11.5 Å². The lowest BCUT2D eigenvalue weighted by atomic mass is 10.0. The summed E-state index contributed by atoms with van der Waals surface area (Å²) in [6.45, 7) is 2.85. The standard InChI is InChI=1S/C15H19NO5S2/c1-15(4-7-23(18,19)10-15)16-14(17)9-22-11-2-3-12-13(8-11)21-6-5-20-12/h2-3,8H,4-7,9-10H2,1H3,(H,16,17)/t15-/m0/s1. The number of carbonyl (C=O) groups is 1. The van der Waals surface area contributed by atoms with E-state index in [-0.39, 0.29) is 23.2 Å². The second-order valence-corrected chi connectivity index (χ2v) is 9.28.